The first-order valence-corrected chi connectivity index (χ1v) is 7.68. The van der Waals surface area contributed by atoms with E-state index in [1.54, 1.807) is 30.3 Å². The zero-order valence-corrected chi connectivity index (χ0v) is 12.6. The van der Waals surface area contributed by atoms with Gasteiger partial charge in [0.25, 0.3) is 0 Å². The summed E-state index contributed by atoms with van der Waals surface area (Å²) in [5, 5.41) is -0.730. The van der Waals surface area contributed by atoms with E-state index in [1.165, 1.54) is 19.1 Å². The highest BCUT2D eigenvalue weighted by Crippen LogP contribution is 2.31. The summed E-state index contributed by atoms with van der Waals surface area (Å²) in [6.07, 6.45) is 2.82. The molecule has 0 spiro atoms. The van der Waals surface area contributed by atoms with Gasteiger partial charge in [-0.15, -0.1) is 0 Å². The molecule has 1 unspecified atom stereocenters. The smallest absolute Gasteiger partial charge is 0.185 e. The van der Waals surface area contributed by atoms with E-state index in [-0.39, 0.29) is 10.7 Å². The number of hydrogen-bond acceptors (Lipinski definition) is 3. The molecule has 3 nitrogen and oxygen atoms in total. The average Bonchev–Trinajstić information content (AvgIpc) is 2.27. The standard InChI is InChI=1S/C15H20O3S/c1-12(16)10-11-14(15(2,3)4)19(17,18)13-8-6-5-7-9-13/h5-11,14H,1-4H3/b11-10+. The van der Waals surface area contributed by atoms with Gasteiger partial charge in [-0.3, -0.25) is 4.79 Å². The van der Waals surface area contributed by atoms with Gasteiger partial charge in [0.1, 0.15) is 0 Å². The van der Waals surface area contributed by atoms with Crippen molar-refractivity contribution in [2.24, 2.45) is 5.41 Å². The lowest BCUT2D eigenvalue weighted by Gasteiger charge is -2.27. The van der Waals surface area contributed by atoms with Crippen molar-refractivity contribution in [2.45, 2.75) is 37.8 Å². The molecule has 0 aliphatic carbocycles. The van der Waals surface area contributed by atoms with Crippen LogP contribution in [0.5, 0.6) is 0 Å². The molecule has 0 aromatic heterocycles. The van der Waals surface area contributed by atoms with Gasteiger partial charge in [0.2, 0.25) is 0 Å². The molecule has 0 saturated heterocycles. The van der Waals surface area contributed by atoms with Gasteiger partial charge < -0.3 is 0 Å². The van der Waals surface area contributed by atoms with Crippen LogP contribution < -0.4 is 0 Å². The maximum absolute atomic E-state index is 12.6. The van der Waals surface area contributed by atoms with Gasteiger partial charge in [0.15, 0.2) is 15.6 Å². The zero-order valence-electron chi connectivity index (χ0n) is 11.8. The van der Waals surface area contributed by atoms with E-state index in [4.69, 9.17) is 0 Å². The molecule has 19 heavy (non-hydrogen) atoms. The van der Waals surface area contributed by atoms with Gasteiger partial charge in [-0.1, -0.05) is 45.0 Å². The summed E-state index contributed by atoms with van der Waals surface area (Å²) in [4.78, 5) is 11.3. The van der Waals surface area contributed by atoms with E-state index < -0.39 is 20.5 Å². The normalized spacial score (nSPS) is 14.5. The van der Waals surface area contributed by atoms with Gasteiger partial charge in [-0.2, -0.15) is 0 Å². The molecule has 0 N–H and O–H groups in total. The van der Waals surface area contributed by atoms with Crippen molar-refractivity contribution in [3.8, 4) is 0 Å². The molecular formula is C15H20O3S. The van der Waals surface area contributed by atoms with Crippen LogP contribution >= 0.6 is 0 Å². The molecule has 1 rings (SSSR count). The molecule has 0 aliphatic heterocycles. The van der Waals surface area contributed by atoms with E-state index in [1.807, 2.05) is 20.8 Å². The Labute approximate surface area is 115 Å². The van der Waals surface area contributed by atoms with Crippen LogP contribution in [0.3, 0.4) is 0 Å². The minimum atomic E-state index is -3.49. The number of sulfone groups is 1. The molecule has 0 radical (unpaired) electrons. The quantitative estimate of drug-likeness (QED) is 0.797. The number of benzene rings is 1. The number of allylic oxidation sites excluding steroid dienone is 1. The summed E-state index contributed by atoms with van der Waals surface area (Å²) in [6, 6.07) is 8.32. The van der Waals surface area contributed by atoms with E-state index in [0.717, 1.165) is 0 Å². The van der Waals surface area contributed by atoms with Gasteiger partial charge in [0, 0.05) is 0 Å². The van der Waals surface area contributed by atoms with Crippen molar-refractivity contribution in [2.75, 3.05) is 0 Å². The molecule has 1 aromatic carbocycles. The first-order chi connectivity index (χ1) is 8.65. The monoisotopic (exact) mass is 280 g/mol. The number of hydrogen-bond donors (Lipinski definition) is 0. The lowest BCUT2D eigenvalue weighted by molar-refractivity contribution is -0.112. The SMILES string of the molecule is CC(=O)/C=C/C(C(C)(C)C)S(=O)(=O)c1ccccc1. The highest BCUT2D eigenvalue weighted by molar-refractivity contribution is 7.92. The molecule has 0 fully saturated rings. The molecule has 0 bridgehead atoms. The fraction of sp³-hybridized carbons (Fsp3) is 0.400. The fourth-order valence-electron chi connectivity index (χ4n) is 1.84. The number of carbonyl (C=O) groups is 1. The average molecular weight is 280 g/mol. The van der Waals surface area contributed by atoms with Gasteiger partial charge in [0.05, 0.1) is 10.1 Å². The molecule has 1 atom stereocenters. The van der Waals surface area contributed by atoms with Crippen molar-refractivity contribution < 1.29 is 13.2 Å². The van der Waals surface area contributed by atoms with Crippen LogP contribution in [-0.2, 0) is 14.6 Å². The molecule has 0 aliphatic rings. The van der Waals surface area contributed by atoms with E-state index in [0.29, 0.717) is 0 Å². The summed E-state index contributed by atoms with van der Waals surface area (Å²) >= 11 is 0. The Morgan fingerprint density at radius 3 is 2.11 bits per heavy atom. The second-order valence-electron chi connectivity index (χ2n) is 5.61. The maximum Gasteiger partial charge on any atom is 0.185 e. The Kier molecular flexibility index (Phi) is 4.69. The number of rotatable bonds is 4. The third-order valence-corrected chi connectivity index (χ3v) is 5.23. The molecule has 0 saturated carbocycles. The van der Waals surface area contributed by atoms with Crippen molar-refractivity contribution in [3.63, 3.8) is 0 Å². The number of ketones is 1. The van der Waals surface area contributed by atoms with Gasteiger partial charge in [-0.25, -0.2) is 8.42 Å². The minimum absolute atomic E-state index is 0.155. The predicted octanol–water partition coefficient (Wildman–Crippen LogP) is 3.02. The van der Waals surface area contributed by atoms with Crippen molar-refractivity contribution in [1.29, 1.82) is 0 Å². The van der Waals surface area contributed by atoms with Crippen LogP contribution in [0.15, 0.2) is 47.4 Å². The summed E-state index contributed by atoms with van der Waals surface area (Å²) < 4.78 is 25.3. The third-order valence-electron chi connectivity index (χ3n) is 2.77. The molecule has 1 aromatic rings. The zero-order chi connectivity index (χ0) is 14.7. The lowest BCUT2D eigenvalue weighted by Crippen LogP contribution is -2.33. The topological polar surface area (TPSA) is 51.2 Å². The van der Waals surface area contributed by atoms with Crippen molar-refractivity contribution >= 4 is 15.6 Å². The van der Waals surface area contributed by atoms with E-state index >= 15 is 0 Å². The molecule has 104 valence electrons. The fourth-order valence-corrected chi connectivity index (χ4v) is 3.88. The van der Waals surface area contributed by atoms with Crippen LogP contribution in [0, 0.1) is 5.41 Å². The molecule has 0 heterocycles. The Hall–Kier alpha value is -1.42. The Morgan fingerprint density at radius 1 is 1.16 bits per heavy atom. The maximum atomic E-state index is 12.6. The van der Waals surface area contributed by atoms with Crippen LogP contribution in [0.2, 0.25) is 0 Å². The minimum Gasteiger partial charge on any atom is -0.295 e. The Morgan fingerprint density at radius 2 is 1.68 bits per heavy atom. The summed E-state index contributed by atoms with van der Waals surface area (Å²) in [5.41, 5.74) is -0.485. The number of carbonyl (C=O) groups excluding carboxylic acids is 1. The van der Waals surface area contributed by atoms with Crippen molar-refractivity contribution in [1.82, 2.24) is 0 Å². The van der Waals surface area contributed by atoms with Crippen LogP contribution in [0.1, 0.15) is 27.7 Å². The summed E-state index contributed by atoms with van der Waals surface area (Å²) in [7, 11) is -3.49. The van der Waals surface area contributed by atoms with E-state index in [2.05, 4.69) is 0 Å². The van der Waals surface area contributed by atoms with Crippen LogP contribution in [0.4, 0.5) is 0 Å². The van der Waals surface area contributed by atoms with Gasteiger partial charge in [-0.05, 0) is 30.5 Å². The second-order valence-corrected chi connectivity index (χ2v) is 7.68. The van der Waals surface area contributed by atoms with Crippen LogP contribution in [-0.4, -0.2) is 19.5 Å². The second kappa shape index (κ2) is 5.70. The lowest BCUT2D eigenvalue weighted by atomic mass is 9.91. The molecular weight excluding hydrogens is 260 g/mol. The molecule has 4 heteroatoms. The third kappa shape index (κ3) is 4.03. The highest BCUT2D eigenvalue weighted by atomic mass is 32.2. The first kappa shape index (κ1) is 15.6. The van der Waals surface area contributed by atoms with Crippen molar-refractivity contribution in [3.05, 3.63) is 42.5 Å². The largest absolute Gasteiger partial charge is 0.295 e. The summed E-state index contributed by atoms with van der Waals surface area (Å²) in [5.74, 6) is -0.155. The Balaban J connectivity index is 3.30. The van der Waals surface area contributed by atoms with E-state index in [9.17, 15) is 13.2 Å². The predicted molar refractivity (Wildman–Crippen MR) is 76.7 cm³/mol. The first-order valence-electron chi connectivity index (χ1n) is 6.13. The Bertz CT molecular complexity index is 563. The summed E-state index contributed by atoms with van der Waals surface area (Å²) in [6.45, 7) is 6.96. The highest BCUT2D eigenvalue weighted by Gasteiger charge is 2.35. The molecule has 0 amide bonds. The van der Waals surface area contributed by atoms with Crippen LogP contribution in [0.25, 0.3) is 0 Å². The van der Waals surface area contributed by atoms with Gasteiger partial charge >= 0.3 is 0 Å².